The van der Waals surface area contributed by atoms with Crippen molar-refractivity contribution in [1.82, 2.24) is 10.6 Å². The number of amides is 1. The summed E-state index contributed by atoms with van der Waals surface area (Å²) in [6.07, 6.45) is 4.56. The first-order chi connectivity index (χ1) is 12.5. The van der Waals surface area contributed by atoms with Crippen LogP contribution in [0.4, 0.5) is 10.1 Å². The van der Waals surface area contributed by atoms with Gasteiger partial charge in [-0.25, -0.2) is 9.38 Å². The summed E-state index contributed by atoms with van der Waals surface area (Å²) in [6.45, 7) is 11.0. The van der Waals surface area contributed by atoms with Gasteiger partial charge in [0.25, 0.3) is 5.91 Å². The standard InChI is InChI=1S/C20H25FN4O/c1-4-16-7-6-11-23-20(16)24-15(2)10-12-22-19(26)14-25(3)18-9-5-8-17(21)13-18/h4-5,8-9,13,23H,1,3,6-7,10-12,14H2,2H3/p+1. The molecule has 1 aliphatic rings. The molecule has 0 aromatic heterocycles. The predicted octanol–water partition coefficient (Wildman–Crippen LogP) is 2.92. The van der Waals surface area contributed by atoms with Gasteiger partial charge >= 0.3 is 0 Å². The molecule has 0 aliphatic carbocycles. The molecule has 5 nitrogen and oxygen atoms in total. The van der Waals surface area contributed by atoms with E-state index in [-0.39, 0.29) is 18.3 Å². The first-order valence-corrected chi connectivity index (χ1v) is 8.73. The van der Waals surface area contributed by atoms with Crippen molar-refractivity contribution in [2.45, 2.75) is 26.2 Å². The fourth-order valence-electron chi connectivity index (χ4n) is 2.65. The third-order valence-corrected chi connectivity index (χ3v) is 4.09. The van der Waals surface area contributed by atoms with Crippen molar-refractivity contribution in [2.75, 3.05) is 19.6 Å². The number of allylic oxidation sites excluding steroid dienone is 2. The number of carbonyl (C=O) groups excluding carboxylic acids is 1. The van der Waals surface area contributed by atoms with Gasteiger partial charge in [0.15, 0.2) is 0 Å². The number of hydrogen-bond acceptors (Lipinski definition) is 3. The van der Waals surface area contributed by atoms with Crippen molar-refractivity contribution in [3.63, 3.8) is 0 Å². The van der Waals surface area contributed by atoms with Crippen LogP contribution in [0.5, 0.6) is 0 Å². The molecule has 0 fully saturated rings. The summed E-state index contributed by atoms with van der Waals surface area (Å²) >= 11 is 0. The average Bonchev–Trinajstić information content (AvgIpc) is 2.62. The Morgan fingerprint density at radius 2 is 2.31 bits per heavy atom. The predicted molar refractivity (Wildman–Crippen MR) is 104 cm³/mol. The Bertz CT molecular complexity index is 752. The zero-order valence-electron chi connectivity index (χ0n) is 15.2. The van der Waals surface area contributed by atoms with Gasteiger partial charge in [0.1, 0.15) is 18.4 Å². The molecule has 0 spiro atoms. The van der Waals surface area contributed by atoms with E-state index in [0.29, 0.717) is 18.7 Å². The van der Waals surface area contributed by atoms with Gasteiger partial charge in [0.05, 0.1) is 0 Å². The van der Waals surface area contributed by atoms with Crippen LogP contribution >= 0.6 is 0 Å². The normalized spacial score (nSPS) is 14.6. The van der Waals surface area contributed by atoms with E-state index >= 15 is 0 Å². The van der Waals surface area contributed by atoms with Gasteiger partial charge in [0, 0.05) is 37.4 Å². The highest BCUT2D eigenvalue weighted by molar-refractivity contribution is 5.84. The maximum atomic E-state index is 13.2. The van der Waals surface area contributed by atoms with Crippen molar-refractivity contribution in [2.24, 2.45) is 4.99 Å². The van der Waals surface area contributed by atoms with Gasteiger partial charge in [-0.15, -0.1) is 0 Å². The largest absolute Gasteiger partial charge is 0.370 e. The lowest BCUT2D eigenvalue weighted by atomic mass is 10.1. The van der Waals surface area contributed by atoms with E-state index in [2.05, 4.69) is 28.9 Å². The van der Waals surface area contributed by atoms with Crippen LogP contribution < -0.4 is 10.6 Å². The van der Waals surface area contributed by atoms with Gasteiger partial charge in [-0.2, -0.15) is 4.58 Å². The summed E-state index contributed by atoms with van der Waals surface area (Å²) < 4.78 is 14.7. The maximum Gasteiger partial charge on any atom is 0.285 e. The zero-order valence-corrected chi connectivity index (χ0v) is 15.2. The fourth-order valence-corrected chi connectivity index (χ4v) is 2.65. The Balaban J connectivity index is 1.80. The Morgan fingerprint density at radius 3 is 3.04 bits per heavy atom. The highest BCUT2D eigenvalue weighted by Crippen LogP contribution is 2.16. The van der Waals surface area contributed by atoms with Crippen LogP contribution in [0.15, 0.2) is 53.3 Å². The molecule has 26 heavy (non-hydrogen) atoms. The van der Waals surface area contributed by atoms with E-state index in [1.807, 2.05) is 13.0 Å². The molecule has 0 bridgehead atoms. The van der Waals surface area contributed by atoms with Crippen molar-refractivity contribution in [1.29, 1.82) is 0 Å². The van der Waals surface area contributed by atoms with Crippen molar-refractivity contribution >= 4 is 24.0 Å². The number of nitrogens with one attached hydrogen (secondary N) is 2. The Labute approximate surface area is 154 Å². The second kappa shape index (κ2) is 9.65. The monoisotopic (exact) mass is 357 g/mol. The molecule has 0 saturated heterocycles. The molecule has 1 aliphatic heterocycles. The highest BCUT2D eigenvalue weighted by Gasteiger charge is 2.13. The summed E-state index contributed by atoms with van der Waals surface area (Å²) in [5.41, 5.74) is 2.62. The molecular weight excluding hydrogens is 331 g/mol. The van der Waals surface area contributed by atoms with Crippen LogP contribution in [-0.2, 0) is 4.79 Å². The van der Waals surface area contributed by atoms with Gasteiger partial charge in [-0.1, -0.05) is 18.7 Å². The molecule has 1 aromatic rings. The number of rotatable bonds is 8. The molecule has 0 atom stereocenters. The molecule has 2 rings (SSSR count). The van der Waals surface area contributed by atoms with E-state index in [9.17, 15) is 9.18 Å². The van der Waals surface area contributed by atoms with E-state index in [4.69, 9.17) is 0 Å². The molecule has 6 heteroatoms. The molecule has 138 valence electrons. The second-order valence-corrected chi connectivity index (χ2v) is 6.23. The third-order valence-electron chi connectivity index (χ3n) is 4.09. The Kier molecular flexibility index (Phi) is 7.26. The minimum atomic E-state index is -0.354. The Morgan fingerprint density at radius 1 is 1.50 bits per heavy atom. The van der Waals surface area contributed by atoms with Crippen LogP contribution in [0, 0.1) is 5.82 Å². The first kappa shape index (κ1) is 19.6. The number of aliphatic imine (C=N–C) groups is 1. The maximum absolute atomic E-state index is 13.2. The lowest BCUT2D eigenvalue weighted by molar-refractivity contribution is -0.419. The number of hydrogen-bond donors (Lipinski definition) is 2. The van der Waals surface area contributed by atoms with Crippen molar-refractivity contribution in [3.05, 3.63) is 54.1 Å². The number of halogens is 1. The van der Waals surface area contributed by atoms with Crippen LogP contribution in [0.1, 0.15) is 26.2 Å². The first-order valence-electron chi connectivity index (χ1n) is 8.73. The number of carbonyl (C=O) groups is 1. The lowest BCUT2D eigenvalue weighted by Crippen LogP contribution is -2.32. The van der Waals surface area contributed by atoms with E-state index < -0.39 is 0 Å². The number of benzene rings is 1. The molecule has 1 amide bonds. The van der Waals surface area contributed by atoms with Crippen LogP contribution in [-0.4, -0.2) is 42.5 Å². The molecule has 0 saturated carbocycles. The summed E-state index contributed by atoms with van der Waals surface area (Å²) in [5.74, 6) is 0.358. The summed E-state index contributed by atoms with van der Waals surface area (Å²) in [5, 5.41) is 6.13. The zero-order chi connectivity index (χ0) is 18.9. The SMILES string of the molecule is C=CC1=C(N=C(C)CCNC(=O)C[N+](=C)c2cccc(F)c2)NCCC1. The fraction of sp³-hybridized carbons (Fsp3) is 0.350. The third kappa shape index (κ3) is 5.95. The van der Waals surface area contributed by atoms with Gasteiger partial charge < -0.3 is 10.6 Å². The summed E-state index contributed by atoms with van der Waals surface area (Å²) in [7, 11) is 0. The van der Waals surface area contributed by atoms with Crippen molar-refractivity contribution < 1.29 is 13.8 Å². The quantitative estimate of drug-likeness (QED) is 0.555. The van der Waals surface area contributed by atoms with Crippen molar-refractivity contribution in [3.8, 4) is 0 Å². The average molecular weight is 357 g/mol. The summed E-state index contributed by atoms with van der Waals surface area (Å²) in [6, 6.07) is 6.00. The molecule has 0 unspecified atom stereocenters. The number of nitrogens with zero attached hydrogens (tertiary/aromatic N) is 2. The van der Waals surface area contributed by atoms with Gasteiger partial charge in [-0.05, 0) is 31.4 Å². The van der Waals surface area contributed by atoms with Crippen LogP contribution in [0.3, 0.4) is 0 Å². The highest BCUT2D eigenvalue weighted by atomic mass is 19.1. The molecular formula is C20H26FN4O+. The van der Waals surface area contributed by atoms with Gasteiger partial charge in [0.2, 0.25) is 12.2 Å². The van der Waals surface area contributed by atoms with Crippen LogP contribution in [0.2, 0.25) is 0 Å². The summed E-state index contributed by atoms with van der Waals surface area (Å²) in [4.78, 5) is 16.6. The van der Waals surface area contributed by atoms with E-state index in [0.717, 1.165) is 36.5 Å². The lowest BCUT2D eigenvalue weighted by Gasteiger charge is -2.17. The Hall–Kier alpha value is -2.76. The molecule has 2 N–H and O–H groups in total. The molecule has 1 heterocycles. The smallest absolute Gasteiger partial charge is 0.285 e. The molecule has 1 aromatic carbocycles. The second-order valence-electron chi connectivity index (χ2n) is 6.23. The minimum absolute atomic E-state index is 0.0625. The van der Waals surface area contributed by atoms with Crippen LogP contribution in [0.25, 0.3) is 0 Å². The molecule has 0 radical (unpaired) electrons. The van der Waals surface area contributed by atoms with E-state index in [1.54, 1.807) is 12.1 Å². The topological polar surface area (TPSA) is 56.5 Å². The minimum Gasteiger partial charge on any atom is -0.370 e. The van der Waals surface area contributed by atoms with E-state index in [1.165, 1.54) is 16.7 Å². The van der Waals surface area contributed by atoms with Gasteiger partial charge in [-0.3, -0.25) is 4.79 Å².